The number of rotatable bonds is 2. The molecule has 0 radical (unpaired) electrons. The zero-order valence-corrected chi connectivity index (χ0v) is 14.4. The van der Waals surface area contributed by atoms with E-state index in [0.29, 0.717) is 22.0 Å². The number of aromatic nitrogens is 1. The minimum atomic E-state index is -4.76. The zero-order valence-electron chi connectivity index (χ0n) is 12.8. The second-order valence-corrected chi connectivity index (χ2v) is 7.79. The second kappa shape index (κ2) is 5.67. The maximum absolute atomic E-state index is 13.0. The summed E-state index contributed by atoms with van der Waals surface area (Å²) in [5, 5.41) is 0.630. The van der Waals surface area contributed by atoms with Gasteiger partial charge in [-0.2, -0.15) is 13.2 Å². The molecule has 0 aliphatic heterocycles. The molecular weight excluding hydrogens is 377 g/mol. The van der Waals surface area contributed by atoms with Crippen LogP contribution in [0.5, 0.6) is 0 Å². The van der Waals surface area contributed by atoms with Gasteiger partial charge in [0.25, 0.3) is 0 Å². The van der Waals surface area contributed by atoms with Crippen molar-refractivity contribution in [1.82, 2.24) is 4.98 Å². The van der Waals surface area contributed by atoms with Gasteiger partial charge in [-0.1, -0.05) is 23.7 Å². The fourth-order valence-corrected chi connectivity index (χ4v) is 4.59. The van der Waals surface area contributed by atoms with Gasteiger partial charge in [0.05, 0.1) is 25.9 Å². The van der Waals surface area contributed by atoms with E-state index in [0.717, 1.165) is 12.1 Å². The van der Waals surface area contributed by atoms with Gasteiger partial charge in [0.2, 0.25) is 9.84 Å². The molecule has 0 atom stereocenters. The Labute approximate surface area is 146 Å². The molecule has 4 nitrogen and oxygen atoms in total. The van der Waals surface area contributed by atoms with Crippen molar-refractivity contribution in [2.24, 2.45) is 0 Å². The molecule has 9 heteroatoms. The number of sulfone groups is 1. The Morgan fingerprint density at radius 2 is 1.84 bits per heavy atom. The van der Waals surface area contributed by atoms with E-state index in [1.807, 2.05) is 0 Å². The second-order valence-electron chi connectivity index (χ2n) is 5.49. The molecule has 0 aliphatic carbocycles. The van der Waals surface area contributed by atoms with Gasteiger partial charge in [-0.15, -0.1) is 0 Å². The van der Waals surface area contributed by atoms with E-state index in [9.17, 15) is 21.6 Å². The van der Waals surface area contributed by atoms with Crippen LogP contribution >= 0.6 is 11.6 Å². The van der Waals surface area contributed by atoms with Gasteiger partial charge in [-0.25, -0.2) is 8.42 Å². The average Bonchev–Trinajstić information content (AvgIpc) is 2.84. The Bertz CT molecular complexity index is 1090. The lowest BCUT2D eigenvalue weighted by molar-refractivity contribution is -0.137. The summed E-state index contributed by atoms with van der Waals surface area (Å²) in [6.07, 6.45) is -4.76. The number of para-hydroxylation sites is 1. The molecule has 0 saturated carbocycles. The van der Waals surface area contributed by atoms with Crippen LogP contribution in [0, 0.1) is 6.92 Å². The number of aryl methyl sites for hydroxylation is 1. The standard InChI is InChI=1S/C16H12ClF3N2O2S/c1-8-15(10-3-2-4-12(17)14(10)22-8)25(23,24)9-5-6-13(21)11(7-9)16(18,19)20/h2-7,22H,21H2,1H3. The topological polar surface area (TPSA) is 76.0 Å². The monoisotopic (exact) mass is 388 g/mol. The molecular formula is C16H12ClF3N2O2S. The average molecular weight is 389 g/mol. The third-order valence-electron chi connectivity index (χ3n) is 3.82. The summed E-state index contributed by atoms with van der Waals surface area (Å²) in [6, 6.07) is 7.24. The highest BCUT2D eigenvalue weighted by atomic mass is 35.5. The van der Waals surface area contributed by atoms with Crippen LogP contribution in [0.15, 0.2) is 46.2 Å². The fourth-order valence-electron chi connectivity index (χ4n) is 2.70. The Morgan fingerprint density at radius 3 is 2.48 bits per heavy atom. The Morgan fingerprint density at radius 1 is 1.16 bits per heavy atom. The van der Waals surface area contributed by atoms with Crippen molar-refractivity contribution in [3.63, 3.8) is 0 Å². The van der Waals surface area contributed by atoms with E-state index in [2.05, 4.69) is 4.98 Å². The number of fused-ring (bicyclic) bond motifs is 1. The van der Waals surface area contributed by atoms with Crippen LogP contribution in [0.3, 0.4) is 0 Å². The van der Waals surface area contributed by atoms with Crippen LogP contribution in [0.25, 0.3) is 10.9 Å². The normalized spacial score (nSPS) is 12.7. The number of nitrogens with two attached hydrogens (primary N) is 1. The van der Waals surface area contributed by atoms with Crippen LogP contribution in [0.4, 0.5) is 18.9 Å². The zero-order chi connectivity index (χ0) is 18.6. The van der Waals surface area contributed by atoms with E-state index in [1.54, 1.807) is 18.2 Å². The first-order chi connectivity index (χ1) is 11.5. The summed E-state index contributed by atoms with van der Waals surface area (Å²) in [7, 11) is -4.21. The molecule has 0 fully saturated rings. The predicted molar refractivity (Wildman–Crippen MR) is 89.4 cm³/mol. The highest BCUT2D eigenvalue weighted by Gasteiger charge is 2.35. The lowest BCUT2D eigenvalue weighted by Gasteiger charge is -2.12. The molecule has 1 heterocycles. The Balaban J connectivity index is 2.29. The molecule has 0 saturated heterocycles. The van der Waals surface area contributed by atoms with Crippen LogP contribution in [-0.2, 0) is 16.0 Å². The van der Waals surface area contributed by atoms with Gasteiger partial charge in [-0.3, -0.25) is 0 Å². The van der Waals surface area contributed by atoms with E-state index in [1.165, 1.54) is 6.92 Å². The molecule has 1 aromatic heterocycles. The number of benzene rings is 2. The number of hydrogen-bond donors (Lipinski definition) is 2. The predicted octanol–water partition coefficient (Wildman–Crippen LogP) is 4.56. The number of halogens is 4. The largest absolute Gasteiger partial charge is 0.418 e. The molecule has 0 amide bonds. The van der Waals surface area contributed by atoms with Crippen LogP contribution in [-0.4, -0.2) is 13.4 Å². The third-order valence-corrected chi connectivity index (χ3v) is 6.07. The van der Waals surface area contributed by atoms with Gasteiger partial charge in [0, 0.05) is 16.8 Å². The summed E-state index contributed by atoms with van der Waals surface area (Å²) in [5.74, 6) is 0. The van der Waals surface area contributed by atoms with Gasteiger partial charge in [0.15, 0.2) is 0 Å². The highest BCUT2D eigenvalue weighted by Crippen LogP contribution is 2.38. The van der Waals surface area contributed by atoms with Crippen molar-refractivity contribution in [1.29, 1.82) is 0 Å². The molecule has 132 valence electrons. The number of nitrogen functional groups attached to an aromatic ring is 1. The third kappa shape index (κ3) is 2.85. The number of H-pyrrole nitrogens is 1. The maximum Gasteiger partial charge on any atom is 0.418 e. The smallest absolute Gasteiger partial charge is 0.398 e. The quantitative estimate of drug-likeness (QED) is 0.632. The fraction of sp³-hybridized carbons (Fsp3) is 0.125. The molecule has 3 aromatic rings. The summed E-state index contributed by atoms with van der Waals surface area (Å²) in [5.41, 5.74) is 4.31. The van der Waals surface area contributed by atoms with Gasteiger partial charge in [0.1, 0.15) is 0 Å². The highest BCUT2D eigenvalue weighted by molar-refractivity contribution is 7.91. The van der Waals surface area contributed by atoms with Crippen LogP contribution in [0.1, 0.15) is 11.3 Å². The van der Waals surface area contributed by atoms with Gasteiger partial charge in [-0.05, 0) is 31.2 Å². The first-order valence-corrected chi connectivity index (χ1v) is 8.88. The van der Waals surface area contributed by atoms with E-state index in [4.69, 9.17) is 17.3 Å². The van der Waals surface area contributed by atoms with Crippen LogP contribution in [0.2, 0.25) is 5.02 Å². The molecule has 3 rings (SSSR count). The lowest BCUT2D eigenvalue weighted by Crippen LogP contribution is -2.11. The summed E-state index contributed by atoms with van der Waals surface area (Å²) < 4.78 is 65.1. The number of alkyl halides is 3. The molecule has 0 aliphatic rings. The molecule has 0 bridgehead atoms. The minimum absolute atomic E-state index is 0.108. The summed E-state index contributed by atoms with van der Waals surface area (Å²) in [6.45, 7) is 1.52. The van der Waals surface area contributed by atoms with Crippen molar-refractivity contribution < 1.29 is 21.6 Å². The van der Waals surface area contributed by atoms with E-state index < -0.39 is 32.2 Å². The number of aromatic amines is 1. The Hall–Kier alpha value is -2.19. The molecule has 2 aromatic carbocycles. The maximum atomic E-state index is 13.0. The summed E-state index contributed by atoms with van der Waals surface area (Å²) >= 11 is 6.05. The number of anilines is 1. The molecule has 0 spiro atoms. The summed E-state index contributed by atoms with van der Waals surface area (Å²) in [4.78, 5) is 2.27. The van der Waals surface area contributed by atoms with Gasteiger partial charge >= 0.3 is 6.18 Å². The Kier molecular flexibility index (Phi) is 4.00. The van der Waals surface area contributed by atoms with Gasteiger partial charge < -0.3 is 10.7 Å². The minimum Gasteiger partial charge on any atom is -0.398 e. The van der Waals surface area contributed by atoms with E-state index in [-0.39, 0.29) is 10.6 Å². The van der Waals surface area contributed by atoms with E-state index >= 15 is 0 Å². The molecule has 0 unspecified atom stereocenters. The lowest BCUT2D eigenvalue weighted by atomic mass is 10.2. The van der Waals surface area contributed by atoms with Crippen molar-refractivity contribution >= 4 is 38.0 Å². The molecule has 25 heavy (non-hydrogen) atoms. The first kappa shape index (κ1) is 17.6. The van der Waals surface area contributed by atoms with Crippen molar-refractivity contribution in [2.75, 3.05) is 5.73 Å². The van der Waals surface area contributed by atoms with Crippen molar-refractivity contribution in [3.8, 4) is 0 Å². The SMILES string of the molecule is Cc1[nH]c2c(Cl)cccc2c1S(=O)(=O)c1ccc(N)c(C(F)(F)F)c1. The van der Waals surface area contributed by atoms with Crippen molar-refractivity contribution in [2.45, 2.75) is 22.9 Å². The first-order valence-electron chi connectivity index (χ1n) is 7.02. The number of hydrogen-bond acceptors (Lipinski definition) is 3. The van der Waals surface area contributed by atoms with Crippen LogP contribution < -0.4 is 5.73 Å². The number of nitrogens with one attached hydrogen (secondary N) is 1. The van der Waals surface area contributed by atoms with Crippen molar-refractivity contribution in [3.05, 3.63) is 52.7 Å². The molecule has 3 N–H and O–H groups in total.